The summed E-state index contributed by atoms with van der Waals surface area (Å²) >= 11 is 0. The topological polar surface area (TPSA) is 15.8 Å². The molecule has 2 aliphatic heterocycles. The molecule has 2 saturated heterocycles. The van der Waals surface area contributed by atoms with E-state index >= 15 is 0 Å². The normalized spacial score (nSPS) is 37.8. The zero-order chi connectivity index (χ0) is 8.39. The van der Waals surface area contributed by atoms with Crippen LogP contribution in [0.15, 0.2) is 0 Å². The van der Waals surface area contributed by atoms with Gasteiger partial charge in [-0.3, -0.25) is 4.90 Å². The van der Waals surface area contributed by atoms with E-state index in [1.807, 2.05) is 0 Å². The first-order valence-electron chi connectivity index (χ1n) is 5.22. The summed E-state index contributed by atoms with van der Waals surface area (Å²) in [6, 6.07) is 0.789. The molecule has 2 heterocycles. The molecule has 0 aromatic heterocycles. The van der Waals surface area contributed by atoms with Gasteiger partial charge in [0.1, 0.15) is 0 Å². The number of hydrogen-bond acceptors (Lipinski definition) is 2. The molecule has 2 atom stereocenters. The number of nitrogens with zero attached hydrogens (tertiary/aromatic N) is 1. The Morgan fingerprint density at radius 1 is 1.33 bits per heavy atom. The van der Waals surface area contributed by atoms with Gasteiger partial charge >= 0.3 is 0 Å². The van der Waals surface area contributed by atoms with Gasteiger partial charge in [-0.05, 0) is 26.3 Å². The third-order valence-electron chi connectivity index (χ3n) is 3.03. The van der Waals surface area contributed by atoms with Crippen molar-refractivity contribution in [2.45, 2.75) is 44.8 Å². The Kier molecular flexibility index (Phi) is 2.66. The quantitative estimate of drug-likeness (QED) is 0.584. The summed E-state index contributed by atoms with van der Waals surface area (Å²) in [7, 11) is 0. The van der Waals surface area contributed by atoms with E-state index < -0.39 is 0 Å². The maximum Gasteiger partial charge on any atom is 0.0936 e. The second kappa shape index (κ2) is 3.75. The number of likely N-dealkylation sites (tertiary alicyclic amines) is 1. The molecule has 2 heteroatoms. The lowest BCUT2D eigenvalue weighted by molar-refractivity contribution is 0.193. The van der Waals surface area contributed by atoms with E-state index in [1.54, 1.807) is 0 Å². The molecule has 70 valence electrons. The molecule has 0 bridgehead atoms. The fourth-order valence-electron chi connectivity index (χ4n) is 2.04. The third-order valence-corrected chi connectivity index (χ3v) is 3.03. The minimum atomic E-state index is 0.575. The minimum Gasteiger partial charge on any atom is -0.372 e. The van der Waals surface area contributed by atoms with Crippen LogP contribution in [0.25, 0.3) is 0 Å². The predicted octanol–water partition coefficient (Wildman–Crippen LogP) is 1.65. The van der Waals surface area contributed by atoms with Crippen LogP contribution in [0.1, 0.15) is 32.6 Å². The molecule has 2 fully saturated rings. The zero-order valence-electron chi connectivity index (χ0n) is 7.96. The second-order valence-corrected chi connectivity index (χ2v) is 4.15. The van der Waals surface area contributed by atoms with E-state index in [9.17, 15) is 0 Å². The molecule has 2 aliphatic rings. The van der Waals surface area contributed by atoms with Gasteiger partial charge in [-0.2, -0.15) is 0 Å². The number of ether oxygens (including phenoxy) is 1. The molecule has 2 unspecified atom stereocenters. The van der Waals surface area contributed by atoms with Crippen molar-refractivity contribution in [3.8, 4) is 0 Å². The predicted molar refractivity (Wildman–Crippen MR) is 49.2 cm³/mol. The fraction of sp³-hybridized carbons (Fsp3) is 1.00. The molecule has 2 rings (SSSR count). The maximum absolute atomic E-state index is 5.26. The Labute approximate surface area is 74.9 Å². The first-order chi connectivity index (χ1) is 5.86. The van der Waals surface area contributed by atoms with Crippen LogP contribution in [-0.4, -0.2) is 36.7 Å². The van der Waals surface area contributed by atoms with E-state index in [2.05, 4.69) is 11.8 Å². The lowest BCUT2D eigenvalue weighted by Crippen LogP contribution is -2.35. The smallest absolute Gasteiger partial charge is 0.0936 e. The van der Waals surface area contributed by atoms with Gasteiger partial charge in [-0.25, -0.2) is 0 Å². The van der Waals surface area contributed by atoms with Crippen LogP contribution in [0.4, 0.5) is 0 Å². The van der Waals surface area contributed by atoms with Gasteiger partial charge < -0.3 is 4.74 Å². The van der Waals surface area contributed by atoms with Crippen LogP contribution < -0.4 is 0 Å². The van der Waals surface area contributed by atoms with Gasteiger partial charge in [0.05, 0.1) is 12.7 Å². The third kappa shape index (κ3) is 2.20. The molecule has 0 amide bonds. The average Bonchev–Trinajstić information content (AvgIpc) is 2.84. The van der Waals surface area contributed by atoms with Gasteiger partial charge in [0.25, 0.3) is 0 Å². The molecule has 0 aromatic rings. The Bertz CT molecular complexity index is 145. The summed E-state index contributed by atoms with van der Waals surface area (Å²) in [6.07, 6.45) is 6.19. The number of epoxide rings is 1. The summed E-state index contributed by atoms with van der Waals surface area (Å²) < 4.78 is 5.26. The molecular formula is C10H19NO. The van der Waals surface area contributed by atoms with Crippen molar-refractivity contribution in [3.05, 3.63) is 0 Å². The standard InChI is InChI=1S/C10H19NO/c1-9-5-3-2-4-6-11(9)7-10-8-12-10/h9-10H,2-8H2,1H3. The molecular weight excluding hydrogens is 150 g/mol. The highest BCUT2D eigenvalue weighted by Crippen LogP contribution is 2.19. The molecule has 12 heavy (non-hydrogen) atoms. The van der Waals surface area contributed by atoms with Crippen LogP contribution in [0.5, 0.6) is 0 Å². The Balaban J connectivity index is 1.81. The van der Waals surface area contributed by atoms with Crippen molar-refractivity contribution < 1.29 is 4.74 Å². The maximum atomic E-state index is 5.26. The lowest BCUT2D eigenvalue weighted by atomic mass is 10.1. The first-order valence-corrected chi connectivity index (χ1v) is 5.22. The summed E-state index contributed by atoms with van der Waals surface area (Å²) in [6.45, 7) is 5.83. The summed E-state index contributed by atoms with van der Waals surface area (Å²) in [5, 5.41) is 0. The molecule has 0 aromatic carbocycles. The Morgan fingerprint density at radius 3 is 2.92 bits per heavy atom. The van der Waals surface area contributed by atoms with Crippen LogP contribution in [0, 0.1) is 0 Å². The van der Waals surface area contributed by atoms with Gasteiger partial charge in [-0.15, -0.1) is 0 Å². The van der Waals surface area contributed by atoms with E-state index in [-0.39, 0.29) is 0 Å². The molecule has 2 nitrogen and oxygen atoms in total. The van der Waals surface area contributed by atoms with Crippen LogP contribution >= 0.6 is 0 Å². The second-order valence-electron chi connectivity index (χ2n) is 4.15. The molecule has 0 N–H and O–H groups in total. The van der Waals surface area contributed by atoms with E-state index in [1.165, 1.54) is 38.8 Å². The van der Waals surface area contributed by atoms with Gasteiger partial charge in [0, 0.05) is 12.6 Å². The summed E-state index contributed by atoms with van der Waals surface area (Å²) in [4.78, 5) is 2.60. The Morgan fingerprint density at radius 2 is 2.17 bits per heavy atom. The van der Waals surface area contributed by atoms with E-state index in [0.29, 0.717) is 6.10 Å². The Hall–Kier alpha value is -0.0800. The van der Waals surface area contributed by atoms with Crippen molar-refractivity contribution in [1.82, 2.24) is 4.90 Å². The van der Waals surface area contributed by atoms with Crippen molar-refractivity contribution in [3.63, 3.8) is 0 Å². The van der Waals surface area contributed by atoms with E-state index in [0.717, 1.165) is 12.6 Å². The monoisotopic (exact) mass is 169 g/mol. The van der Waals surface area contributed by atoms with Crippen molar-refractivity contribution in [2.75, 3.05) is 19.7 Å². The van der Waals surface area contributed by atoms with Crippen LogP contribution in [0.2, 0.25) is 0 Å². The van der Waals surface area contributed by atoms with Crippen molar-refractivity contribution in [1.29, 1.82) is 0 Å². The summed E-state index contributed by atoms with van der Waals surface area (Å²) in [5.41, 5.74) is 0. The highest BCUT2D eigenvalue weighted by Gasteiger charge is 2.27. The SMILES string of the molecule is CC1CCCCCN1CC1CO1. The molecule has 0 saturated carbocycles. The summed E-state index contributed by atoms with van der Waals surface area (Å²) in [5.74, 6) is 0. The van der Waals surface area contributed by atoms with Crippen LogP contribution in [-0.2, 0) is 4.74 Å². The average molecular weight is 169 g/mol. The van der Waals surface area contributed by atoms with Crippen LogP contribution in [0.3, 0.4) is 0 Å². The van der Waals surface area contributed by atoms with E-state index in [4.69, 9.17) is 4.74 Å². The minimum absolute atomic E-state index is 0.575. The largest absolute Gasteiger partial charge is 0.372 e. The molecule has 0 aliphatic carbocycles. The van der Waals surface area contributed by atoms with Gasteiger partial charge in [0.2, 0.25) is 0 Å². The highest BCUT2D eigenvalue weighted by atomic mass is 16.6. The zero-order valence-corrected chi connectivity index (χ0v) is 7.96. The number of hydrogen-bond donors (Lipinski definition) is 0. The molecule has 0 radical (unpaired) electrons. The number of rotatable bonds is 2. The fourth-order valence-corrected chi connectivity index (χ4v) is 2.04. The van der Waals surface area contributed by atoms with Gasteiger partial charge in [0.15, 0.2) is 0 Å². The lowest BCUT2D eigenvalue weighted by Gasteiger charge is -2.25. The van der Waals surface area contributed by atoms with Crippen molar-refractivity contribution >= 4 is 0 Å². The van der Waals surface area contributed by atoms with Crippen molar-refractivity contribution in [2.24, 2.45) is 0 Å². The first kappa shape index (κ1) is 8.52. The molecule has 0 spiro atoms. The van der Waals surface area contributed by atoms with Gasteiger partial charge in [-0.1, -0.05) is 12.8 Å². The highest BCUT2D eigenvalue weighted by molar-refractivity contribution is 4.79.